The van der Waals surface area contributed by atoms with Crippen LogP contribution >= 0.6 is 11.6 Å². The number of nitriles is 1. The zero-order valence-electron chi connectivity index (χ0n) is 10.0. The molecular formula is C13H9ClN2O3S. The summed E-state index contributed by atoms with van der Waals surface area (Å²) >= 11 is 3.91. The van der Waals surface area contributed by atoms with Crippen molar-refractivity contribution >= 4 is 28.6 Å². The lowest BCUT2D eigenvalue weighted by atomic mass is 10.2. The minimum Gasteiger partial charge on any atom is -0.505 e. The Bertz CT molecular complexity index is 686. The van der Waals surface area contributed by atoms with E-state index >= 15 is 0 Å². The fourth-order valence-electron chi connectivity index (χ4n) is 1.42. The average molecular weight is 309 g/mol. The molecule has 0 spiro atoms. The molecule has 7 heteroatoms. The second kappa shape index (κ2) is 6.28. The molecule has 0 aliphatic heterocycles. The molecule has 0 saturated carbocycles. The van der Waals surface area contributed by atoms with Crippen molar-refractivity contribution in [3.63, 3.8) is 0 Å². The maximum absolute atomic E-state index is 11.8. The van der Waals surface area contributed by atoms with E-state index in [0.717, 1.165) is 0 Å². The van der Waals surface area contributed by atoms with E-state index in [-0.39, 0.29) is 16.3 Å². The minimum atomic E-state index is -1.85. The van der Waals surface area contributed by atoms with Crippen LogP contribution in [0.1, 0.15) is 5.56 Å². The quantitative estimate of drug-likeness (QED) is 0.851. The van der Waals surface area contributed by atoms with Crippen molar-refractivity contribution in [2.24, 2.45) is 0 Å². The number of hydrogen-bond donors (Lipinski definition) is 2. The Morgan fingerprint density at radius 3 is 2.65 bits per heavy atom. The van der Waals surface area contributed by atoms with Gasteiger partial charge in [-0.3, -0.25) is 4.72 Å². The van der Waals surface area contributed by atoms with E-state index in [1.807, 2.05) is 6.07 Å². The maximum Gasteiger partial charge on any atom is 0.316 e. The molecule has 0 aliphatic rings. The Labute approximate surface area is 123 Å². The Morgan fingerprint density at radius 1 is 1.30 bits per heavy atom. The van der Waals surface area contributed by atoms with Gasteiger partial charge in [0.15, 0.2) is 5.75 Å². The van der Waals surface area contributed by atoms with Crippen LogP contribution in [0.25, 0.3) is 0 Å². The number of phenolic OH excluding ortho intramolecular Hbond substituents is 1. The van der Waals surface area contributed by atoms with Gasteiger partial charge in [0.2, 0.25) is 0 Å². The van der Waals surface area contributed by atoms with Gasteiger partial charge in [0, 0.05) is 0 Å². The number of aromatic hydroxyl groups is 1. The van der Waals surface area contributed by atoms with Gasteiger partial charge in [-0.15, -0.1) is 0 Å². The van der Waals surface area contributed by atoms with Crippen LogP contribution < -0.4 is 8.91 Å². The van der Waals surface area contributed by atoms with Gasteiger partial charge in [0.1, 0.15) is 11.8 Å². The number of para-hydroxylation sites is 1. The number of anilines is 1. The van der Waals surface area contributed by atoms with Crippen LogP contribution in [-0.2, 0) is 11.3 Å². The molecule has 0 heterocycles. The molecule has 0 saturated heterocycles. The molecule has 102 valence electrons. The highest BCUT2D eigenvalue weighted by molar-refractivity contribution is 7.81. The lowest BCUT2D eigenvalue weighted by Crippen LogP contribution is -2.11. The first-order chi connectivity index (χ1) is 9.60. The Hall–Kier alpha value is -2.23. The predicted molar refractivity (Wildman–Crippen MR) is 76.7 cm³/mol. The highest BCUT2D eigenvalue weighted by Crippen LogP contribution is 2.30. The Balaban J connectivity index is 2.13. The van der Waals surface area contributed by atoms with Crippen LogP contribution in [0.3, 0.4) is 0 Å². The largest absolute Gasteiger partial charge is 0.505 e. The predicted octanol–water partition coefficient (Wildman–Crippen LogP) is 2.99. The average Bonchev–Trinajstić information content (AvgIpc) is 2.43. The van der Waals surface area contributed by atoms with E-state index in [4.69, 9.17) is 21.0 Å². The zero-order valence-corrected chi connectivity index (χ0v) is 11.6. The minimum absolute atomic E-state index is 0.0109. The van der Waals surface area contributed by atoms with Crippen molar-refractivity contribution in [1.82, 2.24) is 0 Å². The van der Waals surface area contributed by atoms with Gasteiger partial charge in [0.25, 0.3) is 0 Å². The fourth-order valence-corrected chi connectivity index (χ4v) is 2.28. The fraction of sp³-hybridized carbons (Fsp3) is 0. The highest BCUT2D eigenvalue weighted by Gasteiger charge is 2.10. The summed E-state index contributed by atoms with van der Waals surface area (Å²) in [5.41, 5.74) is 0.287. The van der Waals surface area contributed by atoms with Crippen molar-refractivity contribution < 1.29 is 13.5 Å². The van der Waals surface area contributed by atoms with Gasteiger partial charge in [-0.2, -0.15) is 9.47 Å². The normalized spacial score (nSPS) is 11.4. The van der Waals surface area contributed by atoms with Gasteiger partial charge in [-0.1, -0.05) is 29.8 Å². The topological polar surface area (TPSA) is 82.4 Å². The molecule has 0 amide bonds. The summed E-state index contributed by atoms with van der Waals surface area (Å²) < 4.78 is 19.4. The molecule has 2 N–H and O–H groups in total. The monoisotopic (exact) mass is 308 g/mol. The van der Waals surface area contributed by atoms with Crippen LogP contribution in [0, 0.1) is 11.3 Å². The smallest absolute Gasteiger partial charge is 0.316 e. The molecule has 20 heavy (non-hydrogen) atoms. The van der Waals surface area contributed by atoms with Crippen LogP contribution in [0.5, 0.6) is 11.5 Å². The third kappa shape index (κ3) is 3.41. The molecule has 0 bridgehead atoms. The maximum atomic E-state index is 11.8. The van der Waals surface area contributed by atoms with Crippen LogP contribution in [0.4, 0.5) is 5.69 Å². The summed E-state index contributed by atoms with van der Waals surface area (Å²) in [4.78, 5) is 0. The number of nitrogens with zero attached hydrogens (tertiary/aromatic N) is 1. The SMILES string of the molecule is N#Cc1cc(NS(=O)Oc2ccccc2)cc(Cl)c1O. The molecule has 5 nitrogen and oxygen atoms in total. The molecule has 2 aromatic rings. The van der Waals surface area contributed by atoms with E-state index in [9.17, 15) is 9.32 Å². The van der Waals surface area contributed by atoms with Gasteiger partial charge >= 0.3 is 11.3 Å². The van der Waals surface area contributed by atoms with Gasteiger partial charge in [-0.05, 0) is 24.3 Å². The van der Waals surface area contributed by atoms with Gasteiger partial charge in [-0.25, -0.2) is 0 Å². The second-order valence-corrected chi connectivity index (χ2v) is 4.95. The molecule has 0 aromatic heterocycles. The van der Waals surface area contributed by atoms with E-state index in [1.54, 1.807) is 30.3 Å². The van der Waals surface area contributed by atoms with E-state index in [2.05, 4.69) is 4.72 Å². The number of nitrogens with one attached hydrogen (secondary N) is 1. The second-order valence-electron chi connectivity index (χ2n) is 3.70. The molecule has 0 fully saturated rings. The lowest BCUT2D eigenvalue weighted by Gasteiger charge is -2.08. The number of phenols is 1. The number of hydrogen-bond acceptors (Lipinski definition) is 4. The van der Waals surface area contributed by atoms with Crippen LogP contribution in [0.2, 0.25) is 5.02 Å². The number of rotatable bonds is 4. The van der Waals surface area contributed by atoms with Crippen molar-refractivity contribution in [3.05, 3.63) is 53.1 Å². The zero-order chi connectivity index (χ0) is 14.5. The van der Waals surface area contributed by atoms with E-state index in [1.165, 1.54) is 12.1 Å². The van der Waals surface area contributed by atoms with E-state index in [0.29, 0.717) is 11.4 Å². The molecule has 2 rings (SSSR count). The summed E-state index contributed by atoms with van der Waals surface area (Å²) in [6, 6.07) is 13.1. The lowest BCUT2D eigenvalue weighted by molar-refractivity contribution is 0.474. The van der Waals surface area contributed by atoms with Crippen LogP contribution in [-0.4, -0.2) is 9.32 Å². The summed E-state index contributed by atoms with van der Waals surface area (Å²) in [5, 5.41) is 18.3. The van der Waals surface area contributed by atoms with Crippen LogP contribution in [0.15, 0.2) is 42.5 Å². The number of benzene rings is 2. The molecular weight excluding hydrogens is 300 g/mol. The van der Waals surface area contributed by atoms with Crippen molar-refractivity contribution in [2.45, 2.75) is 0 Å². The number of halogens is 1. The first-order valence-corrected chi connectivity index (χ1v) is 6.90. The summed E-state index contributed by atoms with van der Waals surface area (Å²) in [6.07, 6.45) is 0. The molecule has 1 atom stereocenters. The van der Waals surface area contributed by atoms with Crippen molar-refractivity contribution in [2.75, 3.05) is 4.72 Å². The standard InChI is InChI=1S/C13H9ClN2O3S/c14-12-7-10(6-9(8-15)13(12)17)16-20(18)19-11-4-2-1-3-5-11/h1-7,16-17H. The molecule has 2 aromatic carbocycles. The Morgan fingerprint density at radius 2 is 2.00 bits per heavy atom. The van der Waals surface area contributed by atoms with Crippen molar-refractivity contribution in [3.8, 4) is 17.6 Å². The Kier molecular flexibility index (Phi) is 4.45. The molecule has 0 aliphatic carbocycles. The van der Waals surface area contributed by atoms with Gasteiger partial charge in [0.05, 0.1) is 16.3 Å². The molecule has 0 radical (unpaired) electrons. The third-order valence-corrected chi connectivity index (χ3v) is 3.33. The summed E-state index contributed by atoms with van der Waals surface area (Å²) in [5.74, 6) is 0.123. The van der Waals surface area contributed by atoms with Crippen molar-refractivity contribution in [1.29, 1.82) is 5.26 Å². The summed E-state index contributed by atoms with van der Waals surface area (Å²) in [7, 11) is 0. The first-order valence-electron chi connectivity index (χ1n) is 5.44. The summed E-state index contributed by atoms with van der Waals surface area (Å²) in [6.45, 7) is 0. The van der Waals surface area contributed by atoms with E-state index < -0.39 is 11.3 Å². The van der Waals surface area contributed by atoms with Gasteiger partial charge < -0.3 is 9.29 Å². The first kappa shape index (κ1) is 14.2. The third-order valence-electron chi connectivity index (χ3n) is 2.30. The molecule has 1 unspecified atom stereocenters. The highest BCUT2D eigenvalue weighted by atomic mass is 35.5.